The lowest BCUT2D eigenvalue weighted by atomic mass is 10.1. The van der Waals surface area contributed by atoms with E-state index in [2.05, 4.69) is 5.32 Å². The molecule has 7 nitrogen and oxygen atoms in total. The van der Waals surface area contributed by atoms with Crippen LogP contribution < -0.4 is 14.8 Å². The minimum atomic E-state index is -0.545. The molecule has 1 aliphatic rings. The van der Waals surface area contributed by atoms with Crippen molar-refractivity contribution in [1.29, 1.82) is 0 Å². The maximum atomic E-state index is 13.0. The molecule has 1 N–H and O–H groups in total. The van der Waals surface area contributed by atoms with Crippen LogP contribution in [0.15, 0.2) is 71.6 Å². The lowest BCUT2D eigenvalue weighted by Gasteiger charge is -2.14. The summed E-state index contributed by atoms with van der Waals surface area (Å²) in [7, 11) is 1.52. The van der Waals surface area contributed by atoms with E-state index in [0.717, 1.165) is 27.8 Å². The zero-order valence-electron chi connectivity index (χ0n) is 19.6. The summed E-state index contributed by atoms with van der Waals surface area (Å²) in [6.45, 7) is 1.73. The van der Waals surface area contributed by atoms with Crippen LogP contribution in [-0.2, 0) is 16.2 Å². The Bertz CT molecular complexity index is 1340. The van der Waals surface area contributed by atoms with Crippen LogP contribution in [0.5, 0.6) is 11.5 Å². The molecule has 3 aromatic rings. The van der Waals surface area contributed by atoms with Crippen molar-refractivity contribution in [3.8, 4) is 11.5 Å². The molecular weight excluding hydrogens is 500 g/mol. The van der Waals surface area contributed by atoms with Crippen molar-refractivity contribution in [3.05, 3.63) is 93.3 Å². The van der Waals surface area contributed by atoms with E-state index in [1.165, 1.54) is 7.11 Å². The number of halogens is 1. The Morgan fingerprint density at radius 3 is 2.53 bits per heavy atom. The number of rotatable bonds is 8. The van der Waals surface area contributed by atoms with Crippen LogP contribution in [-0.4, -0.2) is 35.6 Å². The van der Waals surface area contributed by atoms with Crippen molar-refractivity contribution in [1.82, 2.24) is 4.90 Å². The first-order chi connectivity index (χ1) is 17.4. The van der Waals surface area contributed by atoms with Crippen LogP contribution in [0.3, 0.4) is 0 Å². The van der Waals surface area contributed by atoms with E-state index >= 15 is 0 Å². The van der Waals surface area contributed by atoms with E-state index in [1.54, 1.807) is 48.5 Å². The topological polar surface area (TPSA) is 84.9 Å². The summed E-state index contributed by atoms with van der Waals surface area (Å²) in [6, 6.07) is 19.8. The van der Waals surface area contributed by atoms with Crippen molar-refractivity contribution in [2.45, 2.75) is 13.5 Å². The number of nitrogens with zero attached hydrogens (tertiary/aromatic N) is 1. The average Bonchev–Trinajstić information content (AvgIpc) is 3.12. The van der Waals surface area contributed by atoms with Crippen LogP contribution in [0.2, 0.25) is 5.02 Å². The molecule has 4 rings (SSSR count). The molecule has 1 saturated heterocycles. The summed E-state index contributed by atoms with van der Waals surface area (Å²) in [5.41, 5.74) is 2.97. The summed E-state index contributed by atoms with van der Waals surface area (Å²) in [5, 5.41) is 2.85. The van der Waals surface area contributed by atoms with Gasteiger partial charge in [0.05, 0.1) is 12.0 Å². The molecule has 1 fully saturated rings. The lowest BCUT2D eigenvalue weighted by molar-refractivity contribution is -0.127. The van der Waals surface area contributed by atoms with Gasteiger partial charge >= 0.3 is 0 Å². The van der Waals surface area contributed by atoms with Gasteiger partial charge in [-0.05, 0) is 60.2 Å². The Morgan fingerprint density at radius 2 is 1.81 bits per heavy atom. The number of benzene rings is 3. The van der Waals surface area contributed by atoms with Gasteiger partial charge in [-0.15, -0.1) is 0 Å². The first-order valence-corrected chi connectivity index (χ1v) is 12.2. The molecule has 1 aliphatic heterocycles. The van der Waals surface area contributed by atoms with Gasteiger partial charge in [-0.2, -0.15) is 0 Å². The van der Waals surface area contributed by atoms with E-state index in [4.69, 9.17) is 21.1 Å². The van der Waals surface area contributed by atoms with Crippen molar-refractivity contribution in [2.24, 2.45) is 0 Å². The Kier molecular flexibility index (Phi) is 7.97. The highest BCUT2D eigenvalue weighted by molar-refractivity contribution is 8.18. The van der Waals surface area contributed by atoms with Crippen LogP contribution >= 0.6 is 23.4 Å². The van der Waals surface area contributed by atoms with Gasteiger partial charge in [-0.1, -0.05) is 54.1 Å². The molecule has 184 valence electrons. The fourth-order valence-corrected chi connectivity index (χ4v) is 4.48. The second-order valence-electron chi connectivity index (χ2n) is 7.92. The Labute approximate surface area is 218 Å². The highest BCUT2D eigenvalue weighted by Crippen LogP contribution is 2.37. The van der Waals surface area contributed by atoms with Gasteiger partial charge in [0.25, 0.3) is 11.1 Å². The molecule has 9 heteroatoms. The quantitative estimate of drug-likeness (QED) is 0.370. The van der Waals surface area contributed by atoms with Crippen molar-refractivity contribution in [2.75, 3.05) is 19.0 Å². The molecule has 36 heavy (non-hydrogen) atoms. The molecule has 0 unspecified atom stereocenters. The number of nitrogens with one attached hydrogen (secondary N) is 1. The average molecular weight is 523 g/mol. The van der Waals surface area contributed by atoms with Crippen LogP contribution in [0.4, 0.5) is 10.5 Å². The van der Waals surface area contributed by atoms with Gasteiger partial charge in [0.1, 0.15) is 13.2 Å². The number of methoxy groups -OCH3 is 1. The molecule has 0 bridgehead atoms. The third-order valence-corrected chi connectivity index (χ3v) is 6.57. The second-order valence-corrected chi connectivity index (χ2v) is 9.35. The SMILES string of the molecule is COc1cccc(C=C2SC(=O)N(CC(=O)Nc3ccccc3C)C2=O)c1OCc1ccc(Cl)cc1. The van der Waals surface area contributed by atoms with Gasteiger partial charge in [0, 0.05) is 16.3 Å². The minimum Gasteiger partial charge on any atom is -0.493 e. The number of ether oxygens (including phenoxy) is 2. The van der Waals surface area contributed by atoms with Gasteiger partial charge in [-0.25, -0.2) is 0 Å². The summed E-state index contributed by atoms with van der Waals surface area (Å²) in [4.78, 5) is 39.2. The molecule has 3 amide bonds. The Hall–Kier alpha value is -3.75. The van der Waals surface area contributed by atoms with E-state index in [-0.39, 0.29) is 18.1 Å². The first kappa shape index (κ1) is 25.3. The van der Waals surface area contributed by atoms with E-state index in [9.17, 15) is 14.4 Å². The number of hydrogen-bond acceptors (Lipinski definition) is 6. The van der Waals surface area contributed by atoms with Gasteiger partial charge in [-0.3, -0.25) is 19.3 Å². The third kappa shape index (κ3) is 5.90. The Morgan fingerprint density at radius 1 is 1.06 bits per heavy atom. The summed E-state index contributed by atoms with van der Waals surface area (Å²) in [5.74, 6) is -0.0915. The number of hydrogen-bond donors (Lipinski definition) is 1. The molecule has 3 aromatic carbocycles. The largest absolute Gasteiger partial charge is 0.493 e. The van der Waals surface area contributed by atoms with Crippen LogP contribution in [0.25, 0.3) is 6.08 Å². The molecule has 0 radical (unpaired) electrons. The minimum absolute atomic E-state index is 0.188. The maximum absolute atomic E-state index is 13.0. The molecule has 0 spiro atoms. The zero-order valence-corrected chi connectivity index (χ0v) is 21.2. The maximum Gasteiger partial charge on any atom is 0.294 e. The molecule has 0 atom stereocenters. The Balaban J connectivity index is 1.51. The fourth-order valence-electron chi connectivity index (χ4n) is 3.52. The molecule has 0 saturated carbocycles. The molecule has 0 aromatic heterocycles. The number of thioether (sulfide) groups is 1. The smallest absolute Gasteiger partial charge is 0.294 e. The summed E-state index contributed by atoms with van der Waals surface area (Å²) >= 11 is 6.73. The van der Waals surface area contributed by atoms with Gasteiger partial charge < -0.3 is 14.8 Å². The molecular formula is C27H23ClN2O5S. The third-order valence-electron chi connectivity index (χ3n) is 5.41. The number of imide groups is 1. The van der Waals surface area contributed by atoms with Gasteiger partial charge in [0.15, 0.2) is 11.5 Å². The standard InChI is InChI=1S/C27H23ClN2O5S/c1-17-6-3-4-8-21(17)29-24(31)15-30-26(32)23(36-27(30)33)14-19-7-5-9-22(34-2)25(19)35-16-18-10-12-20(28)13-11-18/h3-14H,15-16H2,1-2H3,(H,29,31). The first-order valence-electron chi connectivity index (χ1n) is 11.0. The fraction of sp³-hybridized carbons (Fsp3) is 0.148. The van der Waals surface area contributed by atoms with Crippen molar-refractivity contribution >= 4 is 52.2 Å². The zero-order chi connectivity index (χ0) is 25.7. The van der Waals surface area contributed by atoms with Crippen molar-refractivity contribution in [3.63, 3.8) is 0 Å². The summed E-state index contributed by atoms with van der Waals surface area (Å²) < 4.78 is 11.5. The number of carbonyl (C=O) groups excluding carboxylic acids is 3. The second kappa shape index (κ2) is 11.3. The highest BCUT2D eigenvalue weighted by atomic mass is 35.5. The predicted octanol–water partition coefficient (Wildman–Crippen LogP) is 5.91. The summed E-state index contributed by atoms with van der Waals surface area (Å²) in [6.07, 6.45) is 1.57. The van der Waals surface area contributed by atoms with Crippen LogP contribution in [0, 0.1) is 6.92 Å². The lowest BCUT2D eigenvalue weighted by Crippen LogP contribution is -2.36. The number of anilines is 1. The number of para-hydroxylation sites is 2. The van der Waals surface area contributed by atoms with E-state index < -0.39 is 17.1 Å². The van der Waals surface area contributed by atoms with Crippen LogP contribution in [0.1, 0.15) is 16.7 Å². The molecule has 1 heterocycles. The molecule has 0 aliphatic carbocycles. The van der Waals surface area contributed by atoms with E-state index in [0.29, 0.717) is 27.8 Å². The predicted molar refractivity (Wildman–Crippen MR) is 141 cm³/mol. The van der Waals surface area contributed by atoms with E-state index in [1.807, 2.05) is 31.2 Å². The number of amides is 3. The normalized spacial score (nSPS) is 14.3. The highest BCUT2D eigenvalue weighted by Gasteiger charge is 2.36. The van der Waals surface area contributed by atoms with Crippen molar-refractivity contribution < 1.29 is 23.9 Å². The monoisotopic (exact) mass is 522 g/mol. The number of carbonyl (C=O) groups is 3. The van der Waals surface area contributed by atoms with Gasteiger partial charge in [0.2, 0.25) is 5.91 Å². The number of aryl methyl sites for hydroxylation is 1.